The van der Waals surface area contributed by atoms with Gasteiger partial charge in [-0.3, -0.25) is 0 Å². The van der Waals surface area contributed by atoms with Crippen molar-refractivity contribution in [2.24, 2.45) is 5.92 Å². The van der Waals surface area contributed by atoms with Gasteiger partial charge in [-0.2, -0.15) is 13.2 Å². The molecule has 0 aliphatic carbocycles. The van der Waals surface area contributed by atoms with Gasteiger partial charge in [0.15, 0.2) is 6.10 Å². The van der Waals surface area contributed by atoms with E-state index in [-0.39, 0.29) is 6.54 Å². The predicted octanol–water partition coefficient (Wildman–Crippen LogP) is 2.86. The van der Waals surface area contributed by atoms with Crippen LogP contribution in [-0.4, -0.2) is 41.9 Å². The van der Waals surface area contributed by atoms with Gasteiger partial charge in [0.25, 0.3) is 0 Å². The summed E-state index contributed by atoms with van der Waals surface area (Å²) < 4.78 is 36.9. The summed E-state index contributed by atoms with van der Waals surface area (Å²) in [5, 5.41) is 9.07. The van der Waals surface area contributed by atoms with Gasteiger partial charge in [-0.1, -0.05) is 30.3 Å². The molecule has 0 amide bonds. The maximum absolute atomic E-state index is 12.3. The van der Waals surface area contributed by atoms with Gasteiger partial charge < -0.3 is 10.0 Å². The van der Waals surface area contributed by atoms with Gasteiger partial charge in [0.2, 0.25) is 0 Å². The van der Waals surface area contributed by atoms with E-state index in [1.165, 1.54) is 5.56 Å². The van der Waals surface area contributed by atoms with Gasteiger partial charge in [0.1, 0.15) is 0 Å². The Labute approximate surface area is 117 Å². The number of aliphatic hydroxyl groups excluding tert-OH is 1. The summed E-state index contributed by atoms with van der Waals surface area (Å²) in [4.78, 5) is 1.71. The van der Waals surface area contributed by atoms with Crippen molar-refractivity contribution in [1.29, 1.82) is 0 Å². The van der Waals surface area contributed by atoms with E-state index >= 15 is 0 Å². The lowest BCUT2D eigenvalue weighted by atomic mass is 9.90. The average Bonchev–Trinajstić information content (AvgIpc) is 2.41. The van der Waals surface area contributed by atoms with Crippen molar-refractivity contribution in [3.63, 3.8) is 0 Å². The number of nitrogens with zero attached hydrogens (tertiary/aromatic N) is 1. The Bertz CT molecular complexity index is 399. The van der Waals surface area contributed by atoms with Crippen molar-refractivity contribution in [2.75, 3.05) is 19.6 Å². The number of piperidine rings is 1. The molecule has 1 aliphatic heterocycles. The molecular formula is C15H20F3NO. The van der Waals surface area contributed by atoms with Crippen LogP contribution in [0.4, 0.5) is 13.2 Å². The second kappa shape index (κ2) is 6.59. The summed E-state index contributed by atoms with van der Waals surface area (Å²) in [6, 6.07) is 10.2. The molecule has 1 aliphatic rings. The van der Waals surface area contributed by atoms with Crippen molar-refractivity contribution >= 4 is 0 Å². The lowest BCUT2D eigenvalue weighted by molar-refractivity contribution is -0.208. The standard InChI is InChI=1S/C15H20F3NO/c16-15(17,18)14(20)11-19-8-6-13(7-9-19)10-12-4-2-1-3-5-12/h1-5,13-14,20H,6-11H2. The quantitative estimate of drug-likeness (QED) is 0.920. The first-order chi connectivity index (χ1) is 9.45. The summed E-state index contributed by atoms with van der Waals surface area (Å²) in [5.41, 5.74) is 1.28. The number of benzene rings is 1. The molecule has 0 saturated carbocycles. The van der Waals surface area contributed by atoms with E-state index in [0.29, 0.717) is 19.0 Å². The van der Waals surface area contributed by atoms with Crippen LogP contribution in [0.25, 0.3) is 0 Å². The summed E-state index contributed by atoms with van der Waals surface area (Å²) in [6.07, 6.45) is -3.98. The van der Waals surface area contributed by atoms with Crippen LogP contribution < -0.4 is 0 Å². The van der Waals surface area contributed by atoms with Crippen LogP contribution >= 0.6 is 0 Å². The number of hydrogen-bond acceptors (Lipinski definition) is 2. The molecule has 1 atom stereocenters. The first kappa shape index (κ1) is 15.3. The lowest BCUT2D eigenvalue weighted by Gasteiger charge is -2.33. The predicted molar refractivity (Wildman–Crippen MR) is 71.4 cm³/mol. The second-order valence-corrected chi connectivity index (χ2v) is 5.49. The third-order valence-electron chi connectivity index (χ3n) is 3.88. The van der Waals surface area contributed by atoms with E-state index in [0.717, 1.165) is 19.3 Å². The summed E-state index contributed by atoms with van der Waals surface area (Å²) in [7, 11) is 0. The molecule has 1 aromatic rings. The van der Waals surface area contributed by atoms with Crippen LogP contribution in [-0.2, 0) is 6.42 Å². The normalized spacial score (nSPS) is 20.0. The minimum absolute atomic E-state index is 0.304. The zero-order valence-corrected chi connectivity index (χ0v) is 11.3. The Kier molecular flexibility index (Phi) is 5.05. The smallest absolute Gasteiger partial charge is 0.382 e. The molecule has 0 radical (unpaired) electrons. The second-order valence-electron chi connectivity index (χ2n) is 5.49. The van der Waals surface area contributed by atoms with E-state index in [4.69, 9.17) is 5.11 Å². The van der Waals surface area contributed by atoms with E-state index in [1.54, 1.807) is 4.90 Å². The Morgan fingerprint density at radius 3 is 2.30 bits per heavy atom. The first-order valence-electron chi connectivity index (χ1n) is 6.96. The van der Waals surface area contributed by atoms with Gasteiger partial charge in [-0.05, 0) is 43.8 Å². The molecule has 1 saturated heterocycles. The molecule has 1 fully saturated rings. The van der Waals surface area contributed by atoms with Gasteiger partial charge in [0, 0.05) is 6.54 Å². The molecule has 1 N–H and O–H groups in total. The third kappa shape index (κ3) is 4.49. The molecule has 1 unspecified atom stereocenters. The van der Waals surface area contributed by atoms with E-state index in [2.05, 4.69) is 12.1 Å². The van der Waals surface area contributed by atoms with Crippen LogP contribution in [0.3, 0.4) is 0 Å². The van der Waals surface area contributed by atoms with Crippen LogP contribution in [0.1, 0.15) is 18.4 Å². The maximum atomic E-state index is 12.3. The van der Waals surface area contributed by atoms with Crippen molar-refractivity contribution < 1.29 is 18.3 Å². The molecule has 112 valence electrons. The highest BCUT2D eigenvalue weighted by atomic mass is 19.4. The van der Waals surface area contributed by atoms with Crippen molar-refractivity contribution in [3.05, 3.63) is 35.9 Å². The maximum Gasteiger partial charge on any atom is 0.415 e. The van der Waals surface area contributed by atoms with Gasteiger partial charge in [-0.25, -0.2) is 0 Å². The zero-order valence-electron chi connectivity index (χ0n) is 11.3. The minimum atomic E-state index is -4.51. The molecular weight excluding hydrogens is 267 g/mol. The number of likely N-dealkylation sites (tertiary alicyclic amines) is 1. The SMILES string of the molecule is OC(CN1CCC(Cc2ccccc2)CC1)C(F)(F)F. The van der Waals surface area contributed by atoms with Gasteiger partial charge in [-0.15, -0.1) is 0 Å². The Hall–Kier alpha value is -1.07. The third-order valence-corrected chi connectivity index (χ3v) is 3.88. The zero-order chi connectivity index (χ0) is 14.6. The highest BCUT2D eigenvalue weighted by molar-refractivity contribution is 5.15. The number of rotatable bonds is 4. The van der Waals surface area contributed by atoms with Crippen molar-refractivity contribution in [1.82, 2.24) is 4.90 Å². The number of alkyl halides is 3. The molecule has 5 heteroatoms. The van der Waals surface area contributed by atoms with E-state index in [1.807, 2.05) is 18.2 Å². The Balaban J connectivity index is 1.75. The van der Waals surface area contributed by atoms with E-state index < -0.39 is 12.3 Å². The monoisotopic (exact) mass is 287 g/mol. The van der Waals surface area contributed by atoms with Crippen molar-refractivity contribution in [2.45, 2.75) is 31.5 Å². The highest BCUT2D eigenvalue weighted by Crippen LogP contribution is 2.25. The van der Waals surface area contributed by atoms with Crippen LogP contribution in [0.5, 0.6) is 0 Å². The first-order valence-corrected chi connectivity index (χ1v) is 6.96. The van der Waals surface area contributed by atoms with Gasteiger partial charge in [0.05, 0.1) is 0 Å². The lowest BCUT2D eigenvalue weighted by Crippen LogP contribution is -2.44. The number of β-amino-alcohol motifs (C(OH)–C–C–N with tert-alkyl or cyclic N) is 1. The molecule has 20 heavy (non-hydrogen) atoms. The Morgan fingerprint density at radius 1 is 1.15 bits per heavy atom. The topological polar surface area (TPSA) is 23.5 Å². The van der Waals surface area contributed by atoms with Crippen LogP contribution in [0.15, 0.2) is 30.3 Å². The number of halogens is 3. The summed E-state index contributed by atoms with van der Waals surface area (Å²) >= 11 is 0. The van der Waals surface area contributed by atoms with Gasteiger partial charge >= 0.3 is 6.18 Å². The van der Waals surface area contributed by atoms with Crippen LogP contribution in [0, 0.1) is 5.92 Å². The molecule has 2 rings (SSSR count). The number of hydrogen-bond donors (Lipinski definition) is 1. The molecule has 2 nitrogen and oxygen atoms in total. The number of aliphatic hydroxyl groups is 1. The minimum Gasteiger partial charge on any atom is -0.382 e. The largest absolute Gasteiger partial charge is 0.415 e. The fourth-order valence-corrected chi connectivity index (χ4v) is 2.67. The van der Waals surface area contributed by atoms with Crippen LogP contribution in [0.2, 0.25) is 0 Å². The summed E-state index contributed by atoms with van der Waals surface area (Å²) in [5.74, 6) is 0.525. The van der Waals surface area contributed by atoms with E-state index in [9.17, 15) is 13.2 Å². The summed E-state index contributed by atoms with van der Waals surface area (Å²) in [6.45, 7) is 0.955. The fourth-order valence-electron chi connectivity index (χ4n) is 2.67. The molecule has 1 heterocycles. The molecule has 0 bridgehead atoms. The molecule has 0 spiro atoms. The molecule has 0 aromatic heterocycles. The average molecular weight is 287 g/mol. The molecule has 1 aromatic carbocycles. The Morgan fingerprint density at radius 2 is 1.75 bits per heavy atom. The fraction of sp³-hybridized carbons (Fsp3) is 0.600. The highest BCUT2D eigenvalue weighted by Gasteiger charge is 2.39. The van der Waals surface area contributed by atoms with Crippen molar-refractivity contribution in [3.8, 4) is 0 Å².